The number of hydrogen-bond donors (Lipinski definition) is 2. The molecule has 2 aromatic heterocycles. The zero-order valence-electron chi connectivity index (χ0n) is 14.5. The second-order valence-electron chi connectivity index (χ2n) is 6.07. The lowest BCUT2D eigenvalue weighted by atomic mass is 10.0. The summed E-state index contributed by atoms with van der Waals surface area (Å²) in [5.74, 6) is -1.49. The maximum absolute atomic E-state index is 12.8. The van der Waals surface area contributed by atoms with Crippen LogP contribution in [0.2, 0.25) is 5.02 Å². The van der Waals surface area contributed by atoms with Crippen LogP contribution in [-0.4, -0.2) is 26.5 Å². The van der Waals surface area contributed by atoms with Gasteiger partial charge in [-0.05, 0) is 30.2 Å². The average Bonchev–Trinajstić information content (AvgIpc) is 2.95. The van der Waals surface area contributed by atoms with E-state index in [4.69, 9.17) is 11.6 Å². The minimum atomic E-state index is -1.04. The standard InChI is InChI=1S/C18H16ClN3O4S/c1-9-14-17(20-8-22(2)18(14)26)27-15(9)16(25)21-12(7-13(23)24)10-3-5-11(19)6-4-10/h3-6,8,12H,7H2,1-2H3,(H,21,25)(H,23,24). The molecular weight excluding hydrogens is 390 g/mol. The van der Waals surface area contributed by atoms with Crippen LogP contribution in [0.4, 0.5) is 0 Å². The molecule has 7 nitrogen and oxygen atoms in total. The van der Waals surface area contributed by atoms with E-state index in [1.807, 2.05) is 0 Å². The van der Waals surface area contributed by atoms with Gasteiger partial charge in [-0.15, -0.1) is 11.3 Å². The van der Waals surface area contributed by atoms with Crippen molar-refractivity contribution in [3.63, 3.8) is 0 Å². The Hall–Kier alpha value is -2.71. The van der Waals surface area contributed by atoms with Gasteiger partial charge in [0.2, 0.25) is 0 Å². The van der Waals surface area contributed by atoms with Crippen molar-refractivity contribution in [2.75, 3.05) is 0 Å². The van der Waals surface area contributed by atoms with Crippen LogP contribution < -0.4 is 10.9 Å². The smallest absolute Gasteiger partial charge is 0.305 e. The number of benzene rings is 1. The van der Waals surface area contributed by atoms with Crippen LogP contribution in [0.3, 0.4) is 0 Å². The summed E-state index contributed by atoms with van der Waals surface area (Å²) in [6, 6.07) is 5.89. The SMILES string of the molecule is Cc1c(C(=O)NC(CC(=O)O)c2ccc(Cl)cc2)sc2ncn(C)c(=O)c12. The highest BCUT2D eigenvalue weighted by Crippen LogP contribution is 2.28. The molecule has 0 saturated heterocycles. The molecular formula is C18H16ClN3O4S. The first-order chi connectivity index (χ1) is 12.8. The third-order valence-corrected chi connectivity index (χ3v) is 5.62. The predicted molar refractivity (Wildman–Crippen MR) is 104 cm³/mol. The summed E-state index contributed by atoms with van der Waals surface area (Å²) in [7, 11) is 1.59. The van der Waals surface area contributed by atoms with Crippen LogP contribution in [0.1, 0.15) is 33.3 Å². The Morgan fingerprint density at radius 1 is 1.33 bits per heavy atom. The molecule has 0 spiro atoms. The molecule has 3 rings (SSSR count). The molecule has 0 bridgehead atoms. The lowest BCUT2D eigenvalue weighted by Crippen LogP contribution is -2.30. The summed E-state index contributed by atoms with van der Waals surface area (Å²) in [4.78, 5) is 41.4. The summed E-state index contributed by atoms with van der Waals surface area (Å²) in [6.45, 7) is 1.69. The van der Waals surface area contributed by atoms with E-state index < -0.39 is 17.9 Å². The van der Waals surface area contributed by atoms with Crippen molar-refractivity contribution in [1.29, 1.82) is 0 Å². The number of carbonyl (C=O) groups is 2. The van der Waals surface area contributed by atoms with E-state index in [9.17, 15) is 19.5 Å². The van der Waals surface area contributed by atoms with Gasteiger partial charge in [0, 0.05) is 12.1 Å². The number of carboxylic acid groups (broad SMARTS) is 1. The molecule has 0 radical (unpaired) electrons. The molecule has 1 amide bonds. The van der Waals surface area contributed by atoms with Crippen LogP contribution in [0.5, 0.6) is 0 Å². The van der Waals surface area contributed by atoms with Crippen molar-refractivity contribution in [3.8, 4) is 0 Å². The number of rotatable bonds is 5. The third-order valence-electron chi connectivity index (χ3n) is 4.17. The van der Waals surface area contributed by atoms with E-state index in [0.717, 1.165) is 11.3 Å². The van der Waals surface area contributed by atoms with Gasteiger partial charge in [-0.2, -0.15) is 0 Å². The van der Waals surface area contributed by atoms with Gasteiger partial charge < -0.3 is 15.0 Å². The van der Waals surface area contributed by atoms with E-state index in [0.29, 0.717) is 31.2 Å². The first-order valence-corrected chi connectivity index (χ1v) is 9.20. The van der Waals surface area contributed by atoms with Crippen LogP contribution >= 0.6 is 22.9 Å². The lowest BCUT2D eigenvalue weighted by Gasteiger charge is -2.17. The summed E-state index contributed by atoms with van der Waals surface area (Å²) < 4.78 is 1.35. The predicted octanol–water partition coefficient (Wildman–Crippen LogP) is 2.90. The summed E-state index contributed by atoms with van der Waals surface area (Å²) >= 11 is 6.99. The van der Waals surface area contributed by atoms with E-state index >= 15 is 0 Å². The van der Waals surface area contributed by atoms with Gasteiger partial charge in [0.1, 0.15) is 4.83 Å². The number of aliphatic carboxylic acids is 1. The topological polar surface area (TPSA) is 101 Å². The van der Waals surface area contributed by atoms with Gasteiger partial charge in [-0.25, -0.2) is 4.98 Å². The number of nitrogens with zero attached hydrogens (tertiary/aromatic N) is 2. The second kappa shape index (κ2) is 7.50. The Bertz CT molecular complexity index is 1090. The number of aromatic nitrogens is 2. The van der Waals surface area contributed by atoms with Gasteiger partial charge in [0.05, 0.1) is 29.1 Å². The molecule has 0 fully saturated rings. The highest BCUT2D eigenvalue weighted by atomic mass is 35.5. The maximum atomic E-state index is 12.8. The zero-order chi connectivity index (χ0) is 19.7. The number of carbonyl (C=O) groups excluding carboxylic acids is 1. The quantitative estimate of drug-likeness (QED) is 0.679. The molecule has 1 aromatic carbocycles. The number of thiophene rings is 1. The van der Waals surface area contributed by atoms with E-state index in [1.54, 1.807) is 38.2 Å². The fraction of sp³-hybridized carbons (Fsp3) is 0.222. The number of aryl methyl sites for hydroxylation is 2. The molecule has 1 atom stereocenters. The fourth-order valence-corrected chi connectivity index (χ4v) is 3.94. The summed E-state index contributed by atoms with van der Waals surface area (Å²) in [6.07, 6.45) is 1.13. The Labute approximate surface area is 163 Å². The van der Waals surface area contributed by atoms with Gasteiger partial charge >= 0.3 is 5.97 Å². The van der Waals surface area contributed by atoms with E-state index in [1.165, 1.54) is 10.9 Å². The highest BCUT2D eigenvalue weighted by molar-refractivity contribution is 7.20. The van der Waals surface area contributed by atoms with Crippen molar-refractivity contribution >= 4 is 45.0 Å². The molecule has 140 valence electrons. The van der Waals surface area contributed by atoms with Crippen molar-refractivity contribution in [1.82, 2.24) is 14.9 Å². The number of halogens is 1. The minimum absolute atomic E-state index is 0.229. The fourth-order valence-electron chi connectivity index (χ4n) is 2.77. The molecule has 0 saturated carbocycles. The van der Waals surface area contributed by atoms with Gasteiger partial charge in [-0.3, -0.25) is 14.4 Å². The molecule has 3 aromatic rings. The molecule has 2 N–H and O–H groups in total. The molecule has 2 heterocycles. The van der Waals surface area contributed by atoms with Crippen LogP contribution in [0.15, 0.2) is 35.4 Å². The molecule has 0 aliphatic carbocycles. The lowest BCUT2D eigenvalue weighted by molar-refractivity contribution is -0.137. The van der Waals surface area contributed by atoms with Crippen LogP contribution in [-0.2, 0) is 11.8 Å². The molecule has 1 unspecified atom stereocenters. The van der Waals surface area contributed by atoms with Crippen molar-refractivity contribution in [2.45, 2.75) is 19.4 Å². The Balaban J connectivity index is 1.96. The number of nitrogens with one attached hydrogen (secondary N) is 1. The highest BCUT2D eigenvalue weighted by Gasteiger charge is 2.23. The van der Waals surface area contributed by atoms with Gasteiger partial charge in [-0.1, -0.05) is 23.7 Å². The van der Waals surface area contributed by atoms with E-state index in [-0.39, 0.29) is 12.0 Å². The third kappa shape index (κ3) is 3.86. The van der Waals surface area contributed by atoms with Crippen molar-refractivity contribution in [2.24, 2.45) is 7.05 Å². The Morgan fingerprint density at radius 3 is 2.63 bits per heavy atom. The molecule has 27 heavy (non-hydrogen) atoms. The summed E-state index contributed by atoms with van der Waals surface area (Å²) in [5.41, 5.74) is 0.932. The first kappa shape index (κ1) is 19.1. The number of carboxylic acids is 1. The molecule has 0 aliphatic rings. The van der Waals surface area contributed by atoms with E-state index in [2.05, 4.69) is 10.3 Å². The normalized spacial score (nSPS) is 12.1. The van der Waals surface area contributed by atoms with Crippen molar-refractivity contribution < 1.29 is 14.7 Å². The number of fused-ring (bicyclic) bond motifs is 1. The minimum Gasteiger partial charge on any atom is -0.481 e. The average molecular weight is 406 g/mol. The van der Waals surface area contributed by atoms with Crippen LogP contribution in [0.25, 0.3) is 10.2 Å². The van der Waals surface area contributed by atoms with Crippen LogP contribution in [0, 0.1) is 6.92 Å². The number of hydrogen-bond acceptors (Lipinski definition) is 5. The first-order valence-electron chi connectivity index (χ1n) is 8.00. The van der Waals surface area contributed by atoms with Gasteiger partial charge in [0.25, 0.3) is 11.5 Å². The molecule has 9 heteroatoms. The largest absolute Gasteiger partial charge is 0.481 e. The number of amides is 1. The Morgan fingerprint density at radius 2 is 2.00 bits per heavy atom. The molecule has 0 aliphatic heterocycles. The monoisotopic (exact) mass is 405 g/mol. The Kier molecular flexibility index (Phi) is 5.29. The second-order valence-corrected chi connectivity index (χ2v) is 7.51. The van der Waals surface area contributed by atoms with Crippen molar-refractivity contribution in [3.05, 3.63) is 62.0 Å². The zero-order valence-corrected chi connectivity index (χ0v) is 16.1. The summed E-state index contributed by atoms with van der Waals surface area (Å²) in [5, 5.41) is 12.9. The van der Waals surface area contributed by atoms with Gasteiger partial charge in [0.15, 0.2) is 0 Å². The maximum Gasteiger partial charge on any atom is 0.305 e.